The predicted octanol–water partition coefficient (Wildman–Crippen LogP) is 1.73. The first-order valence-corrected chi connectivity index (χ1v) is 6.35. The van der Waals surface area contributed by atoms with Crippen LogP contribution in [0.1, 0.15) is 33.6 Å². The number of likely N-dealkylation sites (N-methyl/N-ethyl adjacent to an activating group) is 1. The Balaban J connectivity index is 3.28. The second-order valence-corrected chi connectivity index (χ2v) is 3.73. The maximum absolute atomic E-state index is 5.35. The van der Waals surface area contributed by atoms with Crippen LogP contribution in [0.15, 0.2) is 0 Å². The van der Waals surface area contributed by atoms with Gasteiger partial charge in [0, 0.05) is 13.2 Å². The quantitative estimate of drug-likeness (QED) is 0.532. The smallest absolute Gasteiger partial charge is 0.0593 e. The van der Waals surface area contributed by atoms with Crippen LogP contribution >= 0.6 is 0 Å². The van der Waals surface area contributed by atoms with Crippen molar-refractivity contribution in [1.82, 2.24) is 10.2 Å². The Morgan fingerprint density at radius 2 is 1.87 bits per heavy atom. The molecule has 92 valence electrons. The summed E-state index contributed by atoms with van der Waals surface area (Å²) in [4.78, 5) is 2.45. The van der Waals surface area contributed by atoms with E-state index in [0.29, 0.717) is 0 Å². The molecule has 0 spiro atoms. The average molecular weight is 216 g/mol. The zero-order valence-corrected chi connectivity index (χ0v) is 10.7. The molecule has 15 heavy (non-hydrogen) atoms. The molecule has 0 aliphatic carbocycles. The van der Waals surface area contributed by atoms with E-state index in [4.69, 9.17) is 4.74 Å². The fraction of sp³-hybridized carbons (Fsp3) is 1.00. The van der Waals surface area contributed by atoms with Crippen LogP contribution in [0, 0.1) is 0 Å². The molecule has 0 aromatic heterocycles. The molecule has 0 heterocycles. The van der Waals surface area contributed by atoms with Gasteiger partial charge in [-0.05, 0) is 45.9 Å². The van der Waals surface area contributed by atoms with Gasteiger partial charge in [-0.1, -0.05) is 13.8 Å². The van der Waals surface area contributed by atoms with Crippen molar-refractivity contribution in [2.24, 2.45) is 0 Å². The zero-order valence-electron chi connectivity index (χ0n) is 10.7. The molecular formula is C12H28N2O. The maximum Gasteiger partial charge on any atom is 0.0593 e. The summed E-state index contributed by atoms with van der Waals surface area (Å²) < 4.78 is 5.35. The minimum atomic E-state index is 0.829. The predicted molar refractivity (Wildman–Crippen MR) is 66.4 cm³/mol. The minimum absolute atomic E-state index is 0.829. The molecule has 3 nitrogen and oxygen atoms in total. The fourth-order valence-electron chi connectivity index (χ4n) is 1.50. The van der Waals surface area contributed by atoms with E-state index < -0.39 is 0 Å². The molecule has 0 saturated carbocycles. The van der Waals surface area contributed by atoms with Crippen LogP contribution in [0.2, 0.25) is 0 Å². The van der Waals surface area contributed by atoms with Crippen molar-refractivity contribution in [2.75, 3.05) is 45.9 Å². The van der Waals surface area contributed by atoms with Gasteiger partial charge in [-0.3, -0.25) is 0 Å². The van der Waals surface area contributed by atoms with Crippen molar-refractivity contribution in [3.8, 4) is 0 Å². The highest BCUT2D eigenvalue weighted by Gasteiger charge is 2.00. The minimum Gasteiger partial charge on any atom is -0.380 e. The summed E-state index contributed by atoms with van der Waals surface area (Å²) in [6, 6.07) is 0. The summed E-state index contributed by atoms with van der Waals surface area (Å²) in [5.74, 6) is 0. The van der Waals surface area contributed by atoms with Crippen molar-refractivity contribution in [3.05, 3.63) is 0 Å². The molecular weight excluding hydrogens is 188 g/mol. The largest absolute Gasteiger partial charge is 0.380 e. The first-order chi connectivity index (χ1) is 7.35. The van der Waals surface area contributed by atoms with Crippen molar-refractivity contribution in [1.29, 1.82) is 0 Å². The Kier molecular flexibility index (Phi) is 11.9. The topological polar surface area (TPSA) is 24.5 Å². The molecule has 0 saturated heterocycles. The summed E-state index contributed by atoms with van der Waals surface area (Å²) in [7, 11) is 0. The summed E-state index contributed by atoms with van der Waals surface area (Å²) >= 11 is 0. The first-order valence-electron chi connectivity index (χ1n) is 6.35. The Bertz CT molecular complexity index is 120. The zero-order chi connectivity index (χ0) is 11.4. The Labute approximate surface area is 95.2 Å². The normalized spacial score (nSPS) is 11.2. The van der Waals surface area contributed by atoms with E-state index in [1.807, 2.05) is 6.92 Å². The standard InChI is InChI=1S/C12H28N2O/c1-4-8-13-9-7-10-14(5-2)11-12-15-6-3/h13H,4-12H2,1-3H3. The van der Waals surface area contributed by atoms with Gasteiger partial charge in [-0.2, -0.15) is 0 Å². The highest BCUT2D eigenvalue weighted by atomic mass is 16.5. The van der Waals surface area contributed by atoms with E-state index in [1.165, 1.54) is 19.4 Å². The number of nitrogens with one attached hydrogen (secondary N) is 1. The van der Waals surface area contributed by atoms with Gasteiger partial charge in [-0.15, -0.1) is 0 Å². The summed E-state index contributed by atoms with van der Waals surface area (Å²) in [6.07, 6.45) is 2.46. The third kappa shape index (κ3) is 10.2. The number of nitrogens with zero attached hydrogens (tertiary/aromatic N) is 1. The fourth-order valence-corrected chi connectivity index (χ4v) is 1.50. The molecule has 0 fully saturated rings. The van der Waals surface area contributed by atoms with Crippen molar-refractivity contribution in [3.63, 3.8) is 0 Å². The van der Waals surface area contributed by atoms with Gasteiger partial charge in [0.05, 0.1) is 6.61 Å². The monoisotopic (exact) mass is 216 g/mol. The lowest BCUT2D eigenvalue weighted by Gasteiger charge is -2.20. The Morgan fingerprint density at radius 1 is 1.07 bits per heavy atom. The van der Waals surface area contributed by atoms with Gasteiger partial charge in [0.1, 0.15) is 0 Å². The van der Waals surface area contributed by atoms with Crippen LogP contribution in [0.4, 0.5) is 0 Å². The average Bonchev–Trinajstić information content (AvgIpc) is 2.26. The number of rotatable bonds is 11. The van der Waals surface area contributed by atoms with Crippen molar-refractivity contribution < 1.29 is 4.74 Å². The molecule has 0 atom stereocenters. The Morgan fingerprint density at radius 3 is 2.47 bits per heavy atom. The molecule has 0 bridgehead atoms. The second-order valence-electron chi connectivity index (χ2n) is 3.73. The van der Waals surface area contributed by atoms with Gasteiger partial charge >= 0.3 is 0 Å². The summed E-state index contributed by atoms with van der Waals surface area (Å²) in [5.41, 5.74) is 0. The van der Waals surface area contributed by atoms with Crippen LogP contribution in [0.5, 0.6) is 0 Å². The molecule has 0 amide bonds. The third-order valence-corrected chi connectivity index (χ3v) is 2.46. The molecule has 0 rings (SSSR count). The van der Waals surface area contributed by atoms with Crippen LogP contribution < -0.4 is 5.32 Å². The van der Waals surface area contributed by atoms with Gasteiger partial charge in [0.2, 0.25) is 0 Å². The first kappa shape index (κ1) is 14.9. The van der Waals surface area contributed by atoms with E-state index in [2.05, 4.69) is 24.1 Å². The summed E-state index contributed by atoms with van der Waals surface area (Å²) in [5, 5.41) is 3.42. The molecule has 0 unspecified atom stereocenters. The van der Waals surface area contributed by atoms with E-state index in [-0.39, 0.29) is 0 Å². The number of hydrogen-bond donors (Lipinski definition) is 1. The highest BCUT2D eigenvalue weighted by Crippen LogP contribution is 1.91. The lowest BCUT2D eigenvalue weighted by molar-refractivity contribution is 0.115. The van der Waals surface area contributed by atoms with Crippen molar-refractivity contribution in [2.45, 2.75) is 33.6 Å². The van der Waals surface area contributed by atoms with E-state index >= 15 is 0 Å². The second kappa shape index (κ2) is 12.0. The van der Waals surface area contributed by atoms with Crippen LogP contribution in [0.25, 0.3) is 0 Å². The molecule has 0 aromatic rings. The van der Waals surface area contributed by atoms with Gasteiger partial charge in [-0.25, -0.2) is 0 Å². The highest BCUT2D eigenvalue weighted by molar-refractivity contribution is 4.56. The Hall–Kier alpha value is -0.120. The van der Waals surface area contributed by atoms with Crippen molar-refractivity contribution >= 4 is 0 Å². The lowest BCUT2D eigenvalue weighted by Crippen LogP contribution is -2.30. The van der Waals surface area contributed by atoms with Crippen LogP contribution in [0.3, 0.4) is 0 Å². The lowest BCUT2D eigenvalue weighted by atomic mass is 10.3. The number of hydrogen-bond acceptors (Lipinski definition) is 3. The summed E-state index contributed by atoms with van der Waals surface area (Å²) in [6.45, 7) is 13.8. The molecule has 0 aliphatic heterocycles. The van der Waals surface area contributed by atoms with Gasteiger partial charge in [0.15, 0.2) is 0 Å². The third-order valence-electron chi connectivity index (χ3n) is 2.46. The van der Waals surface area contributed by atoms with E-state index in [1.54, 1.807) is 0 Å². The molecule has 0 aliphatic rings. The molecule has 1 N–H and O–H groups in total. The van der Waals surface area contributed by atoms with E-state index in [9.17, 15) is 0 Å². The molecule has 0 aromatic carbocycles. The molecule has 0 radical (unpaired) electrons. The molecule has 3 heteroatoms. The van der Waals surface area contributed by atoms with Crippen LogP contribution in [-0.4, -0.2) is 50.8 Å². The maximum atomic E-state index is 5.35. The van der Waals surface area contributed by atoms with Gasteiger partial charge < -0.3 is 15.0 Å². The van der Waals surface area contributed by atoms with Crippen LogP contribution in [-0.2, 0) is 4.74 Å². The SMILES string of the molecule is CCCNCCCN(CC)CCOCC. The van der Waals surface area contributed by atoms with E-state index in [0.717, 1.165) is 39.4 Å². The number of ether oxygens (including phenoxy) is 1. The van der Waals surface area contributed by atoms with Gasteiger partial charge in [0.25, 0.3) is 0 Å².